The molecule has 3 nitrogen and oxygen atoms in total. The zero-order valence-electron chi connectivity index (χ0n) is 12.8. The number of aromatic nitrogens is 1. The highest BCUT2D eigenvalue weighted by atomic mass is 19.1. The molecule has 0 unspecified atom stereocenters. The number of pyridine rings is 1. The summed E-state index contributed by atoms with van der Waals surface area (Å²) in [5.41, 5.74) is 2.45. The lowest BCUT2D eigenvalue weighted by Crippen LogP contribution is -2.42. The molecule has 22 heavy (non-hydrogen) atoms. The van der Waals surface area contributed by atoms with Crippen LogP contribution >= 0.6 is 0 Å². The molecule has 1 saturated heterocycles. The topological polar surface area (TPSA) is 36.4 Å². The Morgan fingerprint density at radius 3 is 2.50 bits per heavy atom. The summed E-state index contributed by atoms with van der Waals surface area (Å²) in [6, 6.07) is 8.27. The summed E-state index contributed by atoms with van der Waals surface area (Å²) >= 11 is 0. The second kappa shape index (κ2) is 6.15. The van der Waals surface area contributed by atoms with E-state index < -0.39 is 5.60 Å². The number of rotatable bonds is 3. The van der Waals surface area contributed by atoms with Crippen molar-refractivity contribution < 1.29 is 9.50 Å². The van der Waals surface area contributed by atoms with Gasteiger partial charge in [-0.1, -0.05) is 12.1 Å². The maximum atomic E-state index is 13.0. The lowest BCUT2D eigenvalue weighted by atomic mass is 9.84. The van der Waals surface area contributed by atoms with Gasteiger partial charge in [-0.2, -0.15) is 0 Å². The highest BCUT2D eigenvalue weighted by Gasteiger charge is 2.33. The predicted molar refractivity (Wildman–Crippen MR) is 83.8 cm³/mol. The molecule has 0 spiro atoms. The largest absolute Gasteiger partial charge is 0.385 e. The summed E-state index contributed by atoms with van der Waals surface area (Å²) in [4.78, 5) is 6.47. The molecule has 1 fully saturated rings. The van der Waals surface area contributed by atoms with Crippen molar-refractivity contribution in [3.05, 3.63) is 65.2 Å². The molecule has 4 heteroatoms. The zero-order valence-corrected chi connectivity index (χ0v) is 12.8. The molecule has 0 atom stereocenters. The monoisotopic (exact) mass is 300 g/mol. The van der Waals surface area contributed by atoms with E-state index in [4.69, 9.17) is 0 Å². The van der Waals surface area contributed by atoms with Gasteiger partial charge in [-0.3, -0.25) is 9.88 Å². The second-order valence-electron chi connectivity index (χ2n) is 6.12. The van der Waals surface area contributed by atoms with Crippen molar-refractivity contribution >= 4 is 0 Å². The van der Waals surface area contributed by atoms with Gasteiger partial charge in [0.25, 0.3) is 0 Å². The van der Waals surface area contributed by atoms with Crippen LogP contribution in [0.2, 0.25) is 0 Å². The maximum absolute atomic E-state index is 13.0. The molecule has 0 aliphatic carbocycles. The van der Waals surface area contributed by atoms with E-state index in [9.17, 15) is 9.50 Å². The fourth-order valence-electron chi connectivity index (χ4n) is 3.05. The molecule has 0 bridgehead atoms. The molecule has 3 rings (SSSR count). The van der Waals surface area contributed by atoms with Crippen LogP contribution in [0, 0.1) is 12.7 Å². The smallest absolute Gasteiger partial charge is 0.123 e. The molecule has 116 valence electrons. The number of aryl methyl sites for hydroxylation is 1. The summed E-state index contributed by atoms with van der Waals surface area (Å²) < 4.78 is 13.0. The third-order valence-corrected chi connectivity index (χ3v) is 4.60. The Labute approximate surface area is 130 Å². The molecule has 1 aromatic carbocycles. The minimum atomic E-state index is -0.836. The summed E-state index contributed by atoms with van der Waals surface area (Å²) in [7, 11) is 0. The van der Waals surface area contributed by atoms with Crippen LogP contribution < -0.4 is 0 Å². The van der Waals surface area contributed by atoms with Gasteiger partial charge >= 0.3 is 0 Å². The third kappa shape index (κ3) is 3.18. The Bertz CT molecular complexity index is 634. The van der Waals surface area contributed by atoms with Crippen molar-refractivity contribution in [3.8, 4) is 0 Å². The first-order valence-corrected chi connectivity index (χ1v) is 7.67. The van der Waals surface area contributed by atoms with Crippen molar-refractivity contribution in [1.82, 2.24) is 9.88 Å². The van der Waals surface area contributed by atoms with E-state index in [2.05, 4.69) is 22.9 Å². The SMILES string of the molecule is Cc1cnccc1CN1CCC(O)(c2ccc(F)cc2)CC1. The number of halogens is 1. The van der Waals surface area contributed by atoms with Crippen LogP contribution in [0.4, 0.5) is 4.39 Å². The van der Waals surface area contributed by atoms with Crippen LogP contribution in [0.1, 0.15) is 29.5 Å². The molecular formula is C18H21FN2O. The highest BCUT2D eigenvalue weighted by molar-refractivity contribution is 5.24. The quantitative estimate of drug-likeness (QED) is 0.946. The molecule has 2 heterocycles. The van der Waals surface area contributed by atoms with Crippen LogP contribution in [0.25, 0.3) is 0 Å². The minimum absolute atomic E-state index is 0.266. The highest BCUT2D eigenvalue weighted by Crippen LogP contribution is 2.33. The fraction of sp³-hybridized carbons (Fsp3) is 0.389. The van der Waals surface area contributed by atoms with Crippen LogP contribution in [0.5, 0.6) is 0 Å². The lowest BCUT2D eigenvalue weighted by molar-refractivity contribution is -0.0278. The zero-order chi connectivity index (χ0) is 15.6. The van der Waals surface area contributed by atoms with Gasteiger partial charge in [0, 0.05) is 32.0 Å². The standard InChI is InChI=1S/C18H21FN2O/c1-14-12-20-9-6-15(14)13-21-10-7-18(22,8-11-21)16-2-4-17(19)5-3-16/h2-6,9,12,22H,7-8,10-11,13H2,1H3. The van der Waals surface area contributed by atoms with E-state index in [0.29, 0.717) is 12.8 Å². The number of benzene rings is 1. The summed E-state index contributed by atoms with van der Waals surface area (Å²) in [6.45, 7) is 4.61. The van der Waals surface area contributed by atoms with Gasteiger partial charge in [0.05, 0.1) is 5.60 Å². The van der Waals surface area contributed by atoms with Gasteiger partial charge in [-0.15, -0.1) is 0 Å². The lowest BCUT2D eigenvalue weighted by Gasteiger charge is -2.38. The summed E-state index contributed by atoms with van der Waals surface area (Å²) in [5.74, 6) is -0.266. The van der Waals surface area contributed by atoms with E-state index in [0.717, 1.165) is 25.2 Å². The first kappa shape index (κ1) is 15.1. The van der Waals surface area contributed by atoms with E-state index in [1.807, 2.05) is 12.4 Å². The second-order valence-corrected chi connectivity index (χ2v) is 6.12. The number of likely N-dealkylation sites (tertiary alicyclic amines) is 1. The number of aliphatic hydroxyl groups is 1. The van der Waals surface area contributed by atoms with Gasteiger partial charge in [-0.05, 0) is 54.7 Å². The van der Waals surface area contributed by atoms with Crippen LogP contribution in [-0.4, -0.2) is 28.1 Å². The van der Waals surface area contributed by atoms with E-state index >= 15 is 0 Å². The molecule has 0 saturated carbocycles. The first-order chi connectivity index (χ1) is 10.6. The molecule has 1 aromatic heterocycles. The van der Waals surface area contributed by atoms with Gasteiger partial charge in [0.15, 0.2) is 0 Å². The Balaban J connectivity index is 1.65. The number of piperidine rings is 1. The fourth-order valence-corrected chi connectivity index (χ4v) is 3.05. The number of hydrogen-bond donors (Lipinski definition) is 1. The van der Waals surface area contributed by atoms with E-state index in [-0.39, 0.29) is 5.82 Å². The van der Waals surface area contributed by atoms with Gasteiger partial charge in [0.2, 0.25) is 0 Å². The molecule has 1 aliphatic rings. The molecule has 1 aliphatic heterocycles. The first-order valence-electron chi connectivity index (χ1n) is 7.67. The van der Waals surface area contributed by atoms with E-state index in [1.54, 1.807) is 12.1 Å². The average Bonchev–Trinajstić information content (AvgIpc) is 2.52. The predicted octanol–water partition coefficient (Wildman–Crippen LogP) is 3.01. The number of nitrogens with zero attached hydrogens (tertiary/aromatic N) is 2. The molecule has 0 amide bonds. The summed E-state index contributed by atoms with van der Waals surface area (Å²) in [6.07, 6.45) is 5.04. The average molecular weight is 300 g/mol. The Kier molecular flexibility index (Phi) is 4.23. The van der Waals surface area contributed by atoms with Crippen LogP contribution in [0.3, 0.4) is 0 Å². The molecule has 1 N–H and O–H groups in total. The minimum Gasteiger partial charge on any atom is -0.385 e. The van der Waals surface area contributed by atoms with Crippen molar-refractivity contribution in [2.24, 2.45) is 0 Å². The van der Waals surface area contributed by atoms with Crippen LogP contribution in [0.15, 0.2) is 42.7 Å². The Morgan fingerprint density at radius 2 is 1.86 bits per heavy atom. The molecule has 0 radical (unpaired) electrons. The molecule has 2 aromatic rings. The van der Waals surface area contributed by atoms with Crippen LogP contribution in [-0.2, 0) is 12.1 Å². The normalized spacial score (nSPS) is 18.3. The Hall–Kier alpha value is -1.78. The molecular weight excluding hydrogens is 279 g/mol. The van der Waals surface area contributed by atoms with Crippen molar-refractivity contribution in [2.75, 3.05) is 13.1 Å². The maximum Gasteiger partial charge on any atom is 0.123 e. The number of hydrogen-bond acceptors (Lipinski definition) is 3. The van der Waals surface area contributed by atoms with Gasteiger partial charge in [-0.25, -0.2) is 4.39 Å². The van der Waals surface area contributed by atoms with E-state index in [1.165, 1.54) is 23.3 Å². The summed E-state index contributed by atoms with van der Waals surface area (Å²) in [5, 5.41) is 10.8. The van der Waals surface area contributed by atoms with Gasteiger partial charge in [0.1, 0.15) is 5.82 Å². The van der Waals surface area contributed by atoms with Crippen molar-refractivity contribution in [1.29, 1.82) is 0 Å². The Morgan fingerprint density at radius 1 is 1.18 bits per heavy atom. The van der Waals surface area contributed by atoms with Gasteiger partial charge < -0.3 is 5.11 Å². The van der Waals surface area contributed by atoms with Crippen molar-refractivity contribution in [2.45, 2.75) is 31.9 Å². The van der Waals surface area contributed by atoms with Crippen molar-refractivity contribution in [3.63, 3.8) is 0 Å². The third-order valence-electron chi connectivity index (χ3n) is 4.60.